The minimum atomic E-state index is -0.670. The molecule has 0 atom stereocenters. The molecule has 1 aliphatic carbocycles. The molecule has 0 spiro atoms. The van der Waals surface area contributed by atoms with Crippen molar-refractivity contribution in [3.63, 3.8) is 0 Å². The molecule has 260 valence electrons. The van der Waals surface area contributed by atoms with Gasteiger partial charge < -0.3 is 19.1 Å². The highest BCUT2D eigenvalue weighted by molar-refractivity contribution is 6.24. The molecule has 0 bridgehead atoms. The highest BCUT2D eigenvalue weighted by atomic mass is 16.5. The lowest BCUT2D eigenvalue weighted by molar-refractivity contribution is 0.000781. The van der Waals surface area contributed by atoms with Crippen molar-refractivity contribution >= 4 is 54.1 Å². The Morgan fingerprint density at radius 2 is 1.14 bits per heavy atom. The zero-order chi connectivity index (χ0) is 34.6. The van der Waals surface area contributed by atoms with Gasteiger partial charge in [-0.15, -0.1) is 0 Å². The van der Waals surface area contributed by atoms with E-state index in [-0.39, 0.29) is 12.8 Å². The number of fused-ring (bicyclic) bond motifs is 3. The SMILES string of the molecule is C.CC(C)(C)c1cc2ccc3ccc(C4(O)CCCCC4)c4ccc(c1)c2c34.COc1ccc2c(c1)c1cc(OC)ccc1n2-c1ccccc1. The molecule has 0 radical (unpaired) electrons. The lowest BCUT2D eigenvalue weighted by Crippen LogP contribution is -2.28. The summed E-state index contributed by atoms with van der Waals surface area (Å²) in [5.41, 5.74) is 5.41. The van der Waals surface area contributed by atoms with Gasteiger partial charge in [0.15, 0.2) is 0 Å². The Morgan fingerprint density at radius 1 is 0.588 bits per heavy atom. The van der Waals surface area contributed by atoms with Crippen LogP contribution in [0.5, 0.6) is 11.5 Å². The summed E-state index contributed by atoms with van der Waals surface area (Å²) in [7, 11) is 3.39. The number of methoxy groups -OCH3 is 2. The molecule has 1 N–H and O–H groups in total. The van der Waals surface area contributed by atoms with E-state index in [0.717, 1.165) is 70.2 Å². The van der Waals surface area contributed by atoms with Crippen LogP contribution in [-0.4, -0.2) is 23.9 Å². The lowest BCUT2D eigenvalue weighted by atomic mass is 9.76. The fourth-order valence-electron chi connectivity index (χ4n) is 8.15. The van der Waals surface area contributed by atoms with Gasteiger partial charge in [-0.1, -0.05) is 114 Å². The molecular formula is C47H49NO3. The van der Waals surface area contributed by atoms with E-state index in [0.29, 0.717) is 0 Å². The molecule has 4 nitrogen and oxygen atoms in total. The number of rotatable bonds is 4. The number of hydrogen-bond acceptors (Lipinski definition) is 3. The fourth-order valence-corrected chi connectivity index (χ4v) is 8.15. The summed E-state index contributed by atoms with van der Waals surface area (Å²) >= 11 is 0. The van der Waals surface area contributed by atoms with Crippen LogP contribution in [0.15, 0.2) is 115 Å². The largest absolute Gasteiger partial charge is 0.497 e. The van der Waals surface area contributed by atoms with Gasteiger partial charge in [0.2, 0.25) is 0 Å². The first-order chi connectivity index (χ1) is 24.2. The van der Waals surface area contributed by atoms with Crippen molar-refractivity contribution in [2.45, 2.75) is 71.3 Å². The number of aliphatic hydroxyl groups is 1. The second kappa shape index (κ2) is 13.2. The minimum Gasteiger partial charge on any atom is -0.497 e. The maximum atomic E-state index is 11.4. The van der Waals surface area contributed by atoms with Crippen LogP contribution >= 0.6 is 0 Å². The molecule has 1 aromatic heterocycles. The van der Waals surface area contributed by atoms with E-state index in [9.17, 15) is 5.11 Å². The standard InChI is InChI=1S/C26H28O.C20H17NO2.CH4/c1-25(2,3)20-15-18-8-7-17-10-12-22(26(27)13-5-4-6-14-26)21-11-9-19(16-20)23(18)24(17)21;1-22-15-8-10-19-17(12-15)18-13-16(23-2)9-11-20(18)21(19)14-6-4-3-5-7-14;/h7-12,15-16,27H,4-6,13-14H2,1-3H3;3-13H,1-2H3;1H4. The maximum Gasteiger partial charge on any atom is 0.119 e. The highest BCUT2D eigenvalue weighted by Crippen LogP contribution is 2.45. The van der Waals surface area contributed by atoms with E-state index in [1.165, 1.54) is 44.3 Å². The maximum absolute atomic E-state index is 11.4. The highest BCUT2D eigenvalue weighted by Gasteiger charge is 2.33. The van der Waals surface area contributed by atoms with Gasteiger partial charge in [-0.05, 0) is 110 Å². The summed E-state index contributed by atoms with van der Waals surface area (Å²) in [5, 5.41) is 21.5. The summed E-state index contributed by atoms with van der Waals surface area (Å²) in [6, 6.07) is 40.8. The Morgan fingerprint density at radius 3 is 1.71 bits per heavy atom. The number of hydrogen-bond donors (Lipinski definition) is 1. The van der Waals surface area contributed by atoms with Gasteiger partial charge in [-0.25, -0.2) is 0 Å². The quantitative estimate of drug-likeness (QED) is 0.189. The van der Waals surface area contributed by atoms with Crippen LogP contribution in [-0.2, 0) is 11.0 Å². The molecular weight excluding hydrogens is 627 g/mol. The van der Waals surface area contributed by atoms with Crippen molar-refractivity contribution in [2.24, 2.45) is 0 Å². The summed E-state index contributed by atoms with van der Waals surface area (Å²) in [6.07, 6.45) is 5.24. The number of ether oxygens (including phenoxy) is 2. The molecule has 0 unspecified atom stereocenters. The third-order valence-electron chi connectivity index (χ3n) is 10.8. The monoisotopic (exact) mass is 675 g/mol. The van der Waals surface area contributed by atoms with Crippen LogP contribution in [0.4, 0.5) is 0 Å². The van der Waals surface area contributed by atoms with E-state index >= 15 is 0 Å². The predicted octanol–water partition coefficient (Wildman–Crippen LogP) is 12.5. The Kier molecular flexibility index (Phi) is 8.93. The number of aromatic nitrogens is 1. The van der Waals surface area contributed by atoms with Gasteiger partial charge in [0.05, 0.1) is 30.9 Å². The van der Waals surface area contributed by atoms with Crippen LogP contribution in [0.2, 0.25) is 0 Å². The van der Waals surface area contributed by atoms with Gasteiger partial charge in [0, 0.05) is 16.5 Å². The molecule has 4 heteroatoms. The zero-order valence-electron chi connectivity index (χ0n) is 29.7. The van der Waals surface area contributed by atoms with Crippen LogP contribution in [0.1, 0.15) is 71.4 Å². The second-order valence-electron chi connectivity index (χ2n) is 15.0. The third-order valence-corrected chi connectivity index (χ3v) is 10.8. The van der Waals surface area contributed by atoms with Gasteiger partial charge in [0.1, 0.15) is 11.5 Å². The minimum absolute atomic E-state index is 0. The van der Waals surface area contributed by atoms with Gasteiger partial charge in [-0.2, -0.15) is 0 Å². The summed E-state index contributed by atoms with van der Waals surface area (Å²) in [6.45, 7) is 6.82. The van der Waals surface area contributed by atoms with Crippen LogP contribution in [0, 0.1) is 0 Å². The van der Waals surface area contributed by atoms with Gasteiger partial charge >= 0.3 is 0 Å². The van der Waals surface area contributed by atoms with Crippen molar-refractivity contribution in [3.05, 3.63) is 126 Å². The molecule has 0 amide bonds. The van der Waals surface area contributed by atoms with Gasteiger partial charge in [0.25, 0.3) is 0 Å². The molecule has 0 saturated heterocycles. The van der Waals surface area contributed by atoms with Crippen molar-refractivity contribution in [1.82, 2.24) is 4.57 Å². The summed E-state index contributed by atoms with van der Waals surface area (Å²) in [5.74, 6) is 1.71. The average molecular weight is 676 g/mol. The second-order valence-corrected chi connectivity index (χ2v) is 15.0. The molecule has 8 aromatic rings. The Hall–Kier alpha value is -5.06. The van der Waals surface area contributed by atoms with E-state index in [4.69, 9.17) is 9.47 Å². The van der Waals surface area contributed by atoms with Crippen molar-refractivity contribution in [3.8, 4) is 17.2 Å². The zero-order valence-corrected chi connectivity index (χ0v) is 29.7. The van der Waals surface area contributed by atoms with E-state index in [2.05, 4.69) is 122 Å². The first-order valence-electron chi connectivity index (χ1n) is 17.8. The molecule has 0 aliphatic heterocycles. The lowest BCUT2D eigenvalue weighted by Gasteiger charge is -2.34. The van der Waals surface area contributed by atoms with Crippen LogP contribution in [0.25, 0.3) is 59.8 Å². The number of benzene rings is 7. The third kappa shape index (κ3) is 5.96. The predicted molar refractivity (Wildman–Crippen MR) is 216 cm³/mol. The number of nitrogens with zero attached hydrogens (tertiary/aromatic N) is 1. The summed E-state index contributed by atoms with van der Waals surface area (Å²) < 4.78 is 13.1. The van der Waals surface area contributed by atoms with Crippen molar-refractivity contribution < 1.29 is 14.6 Å². The van der Waals surface area contributed by atoms with E-state index in [1.54, 1.807) is 14.2 Å². The van der Waals surface area contributed by atoms with E-state index in [1.807, 2.05) is 18.2 Å². The first kappa shape index (κ1) is 34.4. The molecule has 9 rings (SSSR count). The summed E-state index contributed by atoms with van der Waals surface area (Å²) in [4.78, 5) is 0. The smallest absolute Gasteiger partial charge is 0.119 e. The molecule has 1 fully saturated rings. The number of para-hydroxylation sites is 1. The molecule has 1 aliphatic rings. The normalized spacial score (nSPS) is 14.5. The van der Waals surface area contributed by atoms with Crippen molar-refractivity contribution in [1.29, 1.82) is 0 Å². The van der Waals surface area contributed by atoms with Crippen LogP contribution < -0.4 is 9.47 Å². The van der Waals surface area contributed by atoms with E-state index < -0.39 is 5.60 Å². The molecule has 7 aromatic carbocycles. The first-order valence-corrected chi connectivity index (χ1v) is 17.8. The molecule has 1 saturated carbocycles. The Bertz CT molecular complexity index is 2400. The topological polar surface area (TPSA) is 43.6 Å². The molecule has 1 heterocycles. The average Bonchev–Trinajstić information content (AvgIpc) is 3.47. The Balaban J connectivity index is 0.000000158. The van der Waals surface area contributed by atoms with Gasteiger partial charge in [-0.3, -0.25) is 0 Å². The van der Waals surface area contributed by atoms with Crippen molar-refractivity contribution in [2.75, 3.05) is 14.2 Å². The van der Waals surface area contributed by atoms with Crippen LogP contribution in [0.3, 0.4) is 0 Å². The Labute approximate surface area is 301 Å². The molecule has 51 heavy (non-hydrogen) atoms. The fraction of sp³-hybridized carbons (Fsp3) is 0.277.